The molecule has 0 aliphatic rings. The number of hydrogen-bond acceptors (Lipinski definition) is 3. The Morgan fingerprint density at radius 1 is 1.27 bits per heavy atom. The monoisotopic (exact) mass is 314 g/mol. The minimum atomic E-state index is -4.49. The summed E-state index contributed by atoms with van der Waals surface area (Å²) >= 11 is 0. The maximum absolute atomic E-state index is 12.8. The standard InChI is InChI=1S/C15H17F3N2O2/c1-10-11(2)20(9-19-10)7-12(21)8-22-14-6-4-3-5-13(14)15(16,17)18/h3-6,9,12,21H,7-8H2,1-2H3/t12-/m0/s1. The summed E-state index contributed by atoms with van der Waals surface area (Å²) in [5, 5.41) is 9.94. The molecule has 22 heavy (non-hydrogen) atoms. The largest absolute Gasteiger partial charge is 0.490 e. The lowest BCUT2D eigenvalue weighted by molar-refractivity contribution is -0.139. The van der Waals surface area contributed by atoms with E-state index >= 15 is 0 Å². The number of aryl methyl sites for hydroxylation is 1. The van der Waals surface area contributed by atoms with E-state index in [2.05, 4.69) is 4.98 Å². The first-order chi connectivity index (χ1) is 10.3. The van der Waals surface area contributed by atoms with Crippen molar-refractivity contribution < 1.29 is 23.0 Å². The van der Waals surface area contributed by atoms with Crippen molar-refractivity contribution in [2.45, 2.75) is 32.7 Å². The molecule has 0 aliphatic carbocycles. The van der Waals surface area contributed by atoms with Crippen molar-refractivity contribution in [3.05, 3.63) is 47.5 Å². The first-order valence-electron chi connectivity index (χ1n) is 6.74. The molecule has 1 atom stereocenters. The zero-order valence-electron chi connectivity index (χ0n) is 12.3. The molecule has 120 valence electrons. The summed E-state index contributed by atoms with van der Waals surface area (Å²) in [7, 11) is 0. The van der Waals surface area contributed by atoms with Crippen LogP contribution >= 0.6 is 0 Å². The lowest BCUT2D eigenvalue weighted by Gasteiger charge is -2.17. The summed E-state index contributed by atoms with van der Waals surface area (Å²) in [5.74, 6) is -0.285. The normalized spacial score (nSPS) is 13.2. The van der Waals surface area contributed by atoms with Crippen molar-refractivity contribution in [3.8, 4) is 5.75 Å². The molecule has 0 radical (unpaired) electrons. The van der Waals surface area contributed by atoms with E-state index in [9.17, 15) is 18.3 Å². The van der Waals surface area contributed by atoms with Gasteiger partial charge in [-0.05, 0) is 26.0 Å². The van der Waals surface area contributed by atoms with Gasteiger partial charge in [-0.3, -0.25) is 0 Å². The van der Waals surface area contributed by atoms with Crippen LogP contribution in [-0.4, -0.2) is 27.4 Å². The van der Waals surface area contributed by atoms with E-state index in [0.29, 0.717) is 0 Å². The molecule has 0 unspecified atom stereocenters. The number of imidazole rings is 1. The second-order valence-corrected chi connectivity index (χ2v) is 5.03. The van der Waals surface area contributed by atoms with Crippen LogP contribution in [0.25, 0.3) is 0 Å². The zero-order valence-corrected chi connectivity index (χ0v) is 12.3. The van der Waals surface area contributed by atoms with Gasteiger partial charge in [-0.15, -0.1) is 0 Å². The number of para-hydroxylation sites is 1. The predicted molar refractivity (Wildman–Crippen MR) is 74.6 cm³/mol. The summed E-state index contributed by atoms with van der Waals surface area (Å²) in [6.45, 7) is 3.67. The molecule has 1 aromatic heterocycles. The molecule has 0 aliphatic heterocycles. The SMILES string of the molecule is Cc1ncn(C[C@H](O)COc2ccccc2C(F)(F)F)c1C. The summed E-state index contributed by atoms with van der Waals surface area (Å²) in [5.41, 5.74) is 0.891. The minimum absolute atomic E-state index is 0.209. The molecule has 7 heteroatoms. The number of aliphatic hydroxyl groups excluding tert-OH is 1. The van der Waals surface area contributed by atoms with Crippen LogP contribution in [0, 0.1) is 13.8 Å². The summed E-state index contributed by atoms with van der Waals surface area (Å²) < 4.78 is 45.3. The van der Waals surface area contributed by atoms with E-state index in [0.717, 1.165) is 17.5 Å². The van der Waals surface area contributed by atoms with E-state index in [1.807, 2.05) is 13.8 Å². The van der Waals surface area contributed by atoms with Crippen LogP contribution in [0.3, 0.4) is 0 Å². The lowest BCUT2D eigenvalue weighted by atomic mass is 10.2. The van der Waals surface area contributed by atoms with E-state index in [1.165, 1.54) is 18.2 Å². The third-order valence-corrected chi connectivity index (χ3v) is 3.38. The van der Waals surface area contributed by atoms with Crippen molar-refractivity contribution in [3.63, 3.8) is 0 Å². The van der Waals surface area contributed by atoms with Gasteiger partial charge in [0.05, 0.1) is 24.1 Å². The van der Waals surface area contributed by atoms with Crippen LogP contribution in [-0.2, 0) is 12.7 Å². The van der Waals surface area contributed by atoms with E-state index in [4.69, 9.17) is 4.74 Å². The third kappa shape index (κ3) is 3.79. The Morgan fingerprint density at radius 2 is 1.95 bits per heavy atom. The van der Waals surface area contributed by atoms with Crippen molar-refractivity contribution in [1.82, 2.24) is 9.55 Å². The van der Waals surface area contributed by atoms with Gasteiger partial charge in [0, 0.05) is 5.69 Å². The van der Waals surface area contributed by atoms with E-state index in [1.54, 1.807) is 10.9 Å². The fourth-order valence-electron chi connectivity index (χ4n) is 2.02. The first-order valence-corrected chi connectivity index (χ1v) is 6.74. The average Bonchev–Trinajstić information content (AvgIpc) is 2.76. The minimum Gasteiger partial charge on any atom is -0.490 e. The molecule has 0 saturated heterocycles. The molecule has 0 bridgehead atoms. The van der Waals surface area contributed by atoms with Gasteiger partial charge in [-0.25, -0.2) is 4.98 Å². The highest BCUT2D eigenvalue weighted by molar-refractivity contribution is 5.35. The van der Waals surface area contributed by atoms with Crippen LogP contribution in [0.4, 0.5) is 13.2 Å². The summed E-state index contributed by atoms with van der Waals surface area (Å²) in [6, 6.07) is 4.94. The quantitative estimate of drug-likeness (QED) is 0.923. The molecule has 4 nitrogen and oxygen atoms in total. The summed E-state index contributed by atoms with van der Waals surface area (Å²) in [4.78, 5) is 4.10. The molecule has 1 heterocycles. The smallest absolute Gasteiger partial charge is 0.419 e. The lowest BCUT2D eigenvalue weighted by Crippen LogP contribution is -2.24. The molecule has 2 aromatic rings. The van der Waals surface area contributed by atoms with Crippen LogP contribution < -0.4 is 4.74 Å². The van der Waals surface area contributed by atoms with E-state index < -0.39 is 17.8 Å². The number of nitrogens with zero attached hydrogens (tertiary/aromatic N) is 2. The van der Waals surface area contributed by atoms with Crippen molar-refractivity contribution in [2.24, 2.45) is 0 Å². The second kappa shape index (κ2) is 6.39. The van der Waals surface area contributed by atoms with Gasteiger partial charge < -0.3 is 14.4 Å². The highest BCUT2D eigenvalue weighted by Gasteiger charge is 2.34. The topological polar surface area (TPSA) is 47.3 Å². The molecule has 0 spiro atoms. The van der Waals surface area contributed by atoms with Crippen molar-refractivity contribution in [2.75, 3.05) is 6.61 Å². The Labute approximate surface area is 126 Å². The third-order valence-electron chi connectivity index (χ3n) is 3.38. The zero-order chi connectivity index (χ0) is 16.3. The number of ether oxygens (including phenoxy) is 1. The number of rotatable bonds is 5. The number of halogens is 3. The molecule has 1 aromatic carbocycles. The number of aliphatic hydroxyl groups is 1. The number of aromatic nitrogens is 2. The van der Waals surface area contributed by atoms with Gasteiger partial charge in [-0.1, -0.05) is 12.1 Å². The molecule has 2 rings (SSSR count). The Kier molecular flexibility index (Phi) is 4.75. The van der Waals surface area contributed by atoms with Crippen LogP contribution in [0.5, 0.6) is 5.75 Å². The van der Waals surface area contributed by atoms with Crippen LogP contribution in [0.15, 0.2) is 30.6 Å². The van der Waals surface area contributed by atoms with Gasteiger partial charge in [0.2, 0.25) is 0 Å². The van der Waals surface area contributed by atoms with Gasteiger partial charge in [0.15, 0.2) is 0 Å². The van der Waals surface area contributed by atoms with Gasteiger partial charge >= 0.3 is 6.18 Å². The first kappa shape index (κ1) is 16.4. The van der Waals surface area contributed by atoms with Crippen molar-refractivity contribution >= 4 is 0 Å². The Balaban J connectivity index is 2.00. The maximum Gasteiger partial charge on any atom is 0.419 e. The van der Waals surface area contributed by atoms with Gasteiger partial charge in [0.1, 0.15) is 18.5 Å². The molecular weight excluding hydrogens is 297 g/mol. The average molecular weight is 314 g/mol. The highest BCUT2D eigenvalue weighted by Crippen LogP contribution is 2.35. The number of hydrogen-bond donors (Lipinski definition) is 1. The van der Waals surface area contributed by atoms with Crippen LogP contribution in [0.1, 0.15) is 17.0 Å². The Bertz CT molecular complexity index is 638. The number of alkyl halides is 3. The maximum atomic E-state index is 12.8. The van der Waals surface area contributed by atoms with Gasteiger partial charge in [0.25, 0.3) is 0 Å². The molecule has 0 fully saturated rings. The Hall–Kier alpha value is -2.02. The molecule has 1 N–H and O–H groups in total. The number of benzene rings is 1. The fraction of sp³-hybridized carbons (Fsp3) is 0.400. The fourth-order valence-corrected chi connectivity index (χ4v) is 2.02. The molecule has 0 saturated carbocycles. The predicted octanol–water partition coefficient (Wildman–Crippen LogP) is 2.96. The Morgan fingerprint density at radius 3 is 2.55 bits per heavy atom. The van der Waals surface area contributed by atoms with Gasteiger partial charge in [-0.2, -0.15) is 13.2 Å². The second-order valence-electron chi connectivity index (χ2n) is 5.03. The van der Waals surface area contributed by atoms with Crippen molar-refractivity contribution in [1.29, 1.82) is 0 Å². The van der Waals surface area contributed by atoms with E-state index in [-0.39, 0.29) is 18.9 Å². The highest BCUT2D eigenvalue weighted by atomic mass is 19.4. The summed E-state index contributed by atoms with van der Waals surface area (Å²) in [6.07, 6.45) is -3.84. The molecule has 0 amide bonds. The molecular formula is C15H17F3N2O2. The van der Waals surface area contributed by atoms with Crippen LogP contribution in [0.2, 0.25) is 0 Å².